The average Bonchev–Trinajstić information content (AvgIpc) is 2.72. The molecule has 0 saturated heterocycles. The second-order valence-electron chi connectivity index (χ2n) is 7.10. The molecule has 1 atom stereocenters. The van der Waals surface area contributed by atoms with Gasteiger partial charge >= 0.3 is 0 Å². The van der Waals surface area contributed by atoms with Crippen LogP contribution in [0.3, 0.4) is 0 Å². The van der Waals surface area contributed by atoms with E-state index in [-0.39, 0.29) is 23.4 Å². The smallest absolute Gasteiger partial charge is 0.251 e. The lowest BCUT2D eigenvalue weighted by molar-refractivity contribution is 0.0939. The Morgan fingerprint density at radius 3 is 2.46 bits per heavy atom. The van der Waals surface area contributed by atoms with Crippen LogP contribution in [-0.4, -0.2) is 20.9 Å². The third-order valence-corrected chi connectivity index (χ3v) is 6.50. The van der Waals surface area contributed by atoms with Gasteiger partial charge in [0.05, 0.1) is 10.9 Å². The number of sulfonamides is 1. The summed E-state index contributed by atoms with van der Waals surface area (Å²) in [6.45, 7) is 5.61. The number of nitrogens with one attached hydrogen (secondary N) is 2. The van der Waals surface area contributed by atoms with Gasteiger partial charge in [-0.2, -0.15) is 0 Å². The Morgan fingerprint density at radius 1 is 1.11 bits per heavy atom. The molecule has 0 bridgehead atoms. The fraction of sp³-hybridized carbons (Fsp3) is 0.318. The molecule has 0 heterocycles. The molecule has 5 nitrogen and oxygen atoms in total. The number of hydrogen-bond acceptors (Lipinski definition) is 3. The van der Waals surface area contributed by atoms with Crippen LogP contribution in [0, 0.1) is 0 Å². The third-order valence-electron chi connectivity index (χ3n) is 5.06. The molecule has 0 spiro atoms. The van der Waals surface area contributed by atoms with Gasteiger partial charge in [0.15, 0.2) is 0 Å². The predicted molar refractivity (Wildman–Crippen MR) is 111 cm³/mol. The molecule has 1 amide bonds. The van der Waals surface area contributed by atoms with Crippen LogP contribution < -0.4 is 10.0 Å². The summed E-state index contributed by atoms with van der Waals surface area (Å²) in [7, 11) is -3.59. The summed E-state index contributed by atoms with van der Waals surface area (Å²) in [4.78, 5) is 12.7. The fourth-order valence-electron chi connectivity index (χ4n) is 3.42. The van der Waals surface area contributed by atoms with Gasteiger partial charge in [-0.3, -0.25) is 4.79 Å². The van der Waals surface area contributed by atoms with Crippen molar-refractivity contribution in [3.63, 3.8) is 0 Å². The van der Waals surface area contributed by atoms with Crippen molar-refractivity contribution in [1.82, 2.24) is 10.0 Å². The Bertz CT molecular complexity index is 966. The van der Waals surface area contributed by atoms with Crippen molar-refractivity contribution in [3.05, 3.63) is 77.4 Å². The highest BCUT2D eigenvalue weighted by Crippen LogP contribution is 2.25. The zero-order valence-electron chi connectivity index (χ0n) is 16.1. The minimum atomic E-state index is -3.59. The number of fused-ring (bicyclic) bond motifs is 1. The van der Waals surface area contributed by atoms with Crippen LogP contribution in [0.1, 0.15) is 52.9 Å². The second-order valence-corrected chi connectivity index (χ2v) is 8.86. The molecule has 28 heavy (non-hydrogen) atoms. The van der Waals surface area contributed by atoms with Crippen LogP contribution in [0.25, 0.3) is 0 Å². The summed E-state index contributed by atoms with van der Waals surface area (Å²) in [6.07, 6.45) is 6.16. The summed E-state index contributed by atoms with van der Waals surface area (Å²) < 4.78 is 26.6. The Kier molecular flexibility index (Phi) is 6.31. The van der Waals surface area contributed by atoms with Gasteiger partial charge in [0.25, 0.3) is 5.91 Å². The average molecular weight is 399 g/mol. The molecule has 3 rings (SSSR count). The van der Waals surface area contributed by atoms with E-state index in [0.717, 1.165) is 18.4 Å². The van der Waals surface area contributed by atoms with Crippen LogP contribution >= 0.6 is 0 Å². The standard InChI is InChI=1S/C22H26N2O3S/c1-3-14-23-28(26,27)21-12-10-18(11-13-21)22(25)24-16(2)19-9-8-17-6-4-5-7-20(17)15-19/h3,8-13,15-16,23H,1,4-7,14H2,2H3,(H,24,25). The molecule has 1 aliphatic rings. The highest BCUT2D eigenvalue weighted by Gasteiger charge is 2.17. The Hall–Kier alpha value is -2.44. The summed E-state index contributed by atoms with van der Waals surface area (Å²) >= 11 is 0. The van der Waals surface area contributed by atoms with Crippen molar-refractivity contribution < 1.29 is 13.2 Å². The highest BCUT2D eigenvalue weighted by atomic mass is 32.2. The van der Waals surface area contributed by atoms with Crippen LogP contribution in [0.2, 0.25) is 0 Å². The molecule has 0 fully saturated rings. The normalized spacial score (nSPS) is 14.8. The molecule has 0 radical (unpaired) electrons. The maximum absolute atomic E-state index is 12.6. The van der Waals surface area contributed by atoms with E-state index in [9.17, 15) is 13.2 Å². The largest absolute Gasteiger partial charge is 0.346 e. The number of amides is 1. The molecule has 0 saturated carbocycles. The van der Waals surface area contributed by atoms with Crippen LogP contribution in [0.15, 0.2) is 60.0 Å². The fourth-order valence-corrected chi connectivity index (χ4v) is 4.42. The molecule has 1 unspecified atom stereocenters. The van der Waals surface area contributed by atoms with Crippen molar-refractivity contribution in [3.8, 4) is 0 Å². The van der Waals surface area contributed by atoms with E-state index < -0.39 is 10.0 Å². The molecule has 6 heteroatoms. The molecule has 0 aromatic heterocycles. The maximum Gasteiger partial charge on any atom is 0.251 e. The molecular formula is C22H26N2O3S. The number of carbonyl (C=O) groups is 1. The predicted octanol–water partition coefficient (Wildman–Crippen LogP) is 3.52. The molecule has 148 valence electrons. The second kappa shape index (κ2) is 8.71. The van der Waals surface area contributed by atoms with Crippen LogP contribution in [0.5, 0.6) is 0 Å². The first kappa shape index (κ1) is 20.3. The summed E-state index contributed by atoms with van der Waals surface area (Å²) in [6, 6.07) is 12.2. The Labute approximate surface area is 166 Å². The van der Waals surface area contributed by atoms with Gasteiger partial charge in [0, 0.05) is 12.1 Å². The van der Waals surface area contributed by atoms with Gasteiger partial charge in [-0.05, 0) is 73.6 Å². The lowest BCUT2D eigenvalue weighted by Crippen LogP contribution is -2.27. The Balaban J connectivity index is 1.68. The number of hydrogen-bond donors (Lipinski definition) is 2. The molecule has 2 N–H and O–H groups in total. The van der Waals surface area contributed by atoms with E-state index in [4.69, 9.17) is 0 Å². The minimum absolute atomic E-state index is 0.119. The van der Waals surface area contributed by atoms with E-state index in [1.165, 1.54) is 54.3 Å². The third kappa shape index (κ3) is 4.69. The number of carbonyl (C=O) groups excluding carboxylic acids is 1. The van der Waals surface area contributed by atoms with Crippen LogP contribution in [-0.2, 0) is 22.9 Å². The quantitative estimate of drug-likeness (QED) is 0.701. The summed E-state index contributed by atoms with van der Waals surface area (Å²) in [5, 5.41) is 2.99. The van der Waals surface area contributed by atoms with E-state index in [0.29, 0.717) is 5.56 Å². The van der Waals surface area contributed by atoms with Crippen LogP contribution in [0.4, 0.5) is 0 Å². The number of benzene rings is 2. The van der Waals surface area contributed by atoms with E-state index >= 15 is 0 Å². The van der Waals surface area contributed by atoms with Gasteiger partial charge in [-0.1, -0.05) is 24.3 Å². The van der Waals surface area contributed by atoms with Gasteiger partial charge in [-0.15, -0.1) is 6.58 Å². The zero-order valence-corrected chi connectivity index (χ0v) is 16.9. The van der Waals surface area contributed by atoms with Gasteiger partial charge in [-0.25, -0.2) is 13.1 Å². The first-order valence-electron chi connectivity index (χ1n) is 9.54. The molecule has 0 aliphatic heterocycles. The number of aryl methyl sites for hydroxylation is 2. The summed E-state index contributed by atoms with van der Waals surface area (Å²) in [5.41, 5.74) is 4.30. The SMILES string of the molecule is C=CCNS(=O)(=O)c1ccc(C(=O)NC(C)c2ccc3c(c2)CCCC3)cc1. The van der Waals surface area contributed by atoms with Gasteiger partial charge in [0.1, 0.15) is 0 Å². The highest BCUT2D eigenvalue weighted by molar-refractivity contribution is 7.89. The van der Waals surface area contributed by atoms with Crippen molar-refractivity contribution in [2.24, 2.45) is 0 Å². The molecular weight excluding hydrogens is 372 g/mol. The van der Waals surface area contributed by atoms with Crippen molar-refractivity contribution >= 4 is 15.9 Å². The van der Waals surface area contributed by atoms with Crippen molar-refractivity contribution in [2.75, 3.05) is 6.54 Å². The monoisotopic (exact) mass is 398 g/mol. The van der Waals surface area contributed by atoms with E-state index in [1.54, 1.807) is 0 Å². The lowest BCUT2D eigenvalue weighted by Gasteiger charge is -2.20. The van der Waals surface area contributed by atoms with E-state index in [2.05, 4.69) is 34.8 Å². The van der Waals surface area contributed by atoms with E-state index in [1.807, 2.05) is 6.92 Å². The molecule has 2 aromatic rings. The molecule has 2 aromatic carbocycles. The van der Waals surface area contributed by atoms with Gasteiger partial charge in [0.2, 0.25) is 10.0 Å². The summed E-state index contributed by atoms with van der Waals surface area (Å²) in [5.74, 6) is -0.229. The van der Waals surface area contributed by atoms with Gasteiger partial charge < -0.3 is 5.32 Å². The Morgan fingerprint density at radius 2 is 1.79 bits per heavy atom. The maximum atomic E-state index is 12.6. The molecule has 1 aliphatic carbocycles. The topological polar surface area (TPSA) is 75.3 Å². The minimum Gasteiger partial charge on any atom is -0.346 e. The number of rotatable bonds is 7. The lowest BCUT2D eigenvalue weighted by atomic mass is 9.89. The van der Waals surface area contributed by atoms with Crippen molar-refractivity contribution in [1.29, 1.82) is 0 Å². The first-order valence-corrected chi connectivity index (χ1v) is 11.0. The van der Waals surface area contributed by atoms with Crippen molar-refractivity contribution in [2.45, 2.75) is 43.5 Å². The first-order chi connectivity index (χ1) is 13.4. The zero-order chi connectivity index (χ0) is 20.1.